The van der Waals surface area contributed by atoms with Gasteiger partial charge in [0.15, 0.2) is 0 Å². The standard InChI is InChI=1S/C7H9F2N3/c8-7(9)3-6(4-7)5-12-10-1-2-11-12/h1-2,6H,3-5H2. The molecule has 0 bridgehead atoms. The predicted octanol–water partition coefficient (Wildman–Crippen LogP) is 1.32. The second kappa shape index (κ2) is 2.50. The molecule has 1 heterocycles. The molecule has 0 unspecified atom stereocenters. The zero-order valence-corrected chi connectivity index (χ0v) is 6.45. The molecule has 0 amide bonds. The van der Waals surface area contributed by atoms with Crippen LogP contribution in [0.3, 0.4) is 0 Å². The third-order valence-corrected chi connectivity index (χ3v) is 2.06. The lowest BCUT2D eigenvalue weighted by Gasteiger charge is -2.34. The quantitative estimate of drug-likeness (QED) is 0.675. The summed E-state index contributed by atoms with van der Waals surface area (Å²) >= 11 is 0. The largest absolute Gasteiger partial charge is 0.248 e. The van der Waals surface area contributed by atoms with Gasteiger partial charge in [-0.15, -0.1) is 0 Å². The fourth-order valence-corrected chi connectivity index (χ4v) is 1.48. The van der Waals surface area contributed by atoms with Crippen LogP contribution in [0, 0.1) is 5.92 Å². The van der Waals surface area contributed by atoms with E-state index in [1.807, 2.05) is 0 Å². The molecule has 12 heavy (non-hydrogen) atoms. The van der Waals surface area contributed by atoms with Crippen molar-refractivity contribution in [1.82, 2.24) is 15.0 Å². The molecule has 0 spiro atoms. The van der Waals surface area contributed by atoms with E-state index in [0.29, 0.717) is 6.54 Å². The van der Waals surface area contributed by atoms with Crippen molar-refractivity contribution < 1.29 is 8.78 Å². The Balaban J connectivity index is 1.84. The van der Waals surface area contributed by atoms with Crippen molar-refractivity contribution in [3.8, 4) is 0 Å². The summed E-state index contributed by atoms with van der Waals surface area (Å²) in [4.78, 5) is 1.46. The Labute approximate surface area is 68.4 Å². The van der Waals surface area contributed by atoms with Gasteiger partial charge in [-0.3, -0.25) is 0 Å². The molecule has 1 aromatic heterocycles. The van der Waals surface area contributed by atoms with Crippen LogP contribution in [0.1, 0.15) is 12.8 Å². The first-order valence-electron chi connectivity index (χ1n) is 3.88. The lowest BCUT2D eigenvalue weighted by atomic mass is 9.81. The van der Waals surface area contributed by atoms with Crippen LogP contribution >= 0.6 is 0 Å². The number of alkyl halides is 2. The predicted molar refractivity (Wildman–Crippen MR) is 37.7 cm³/mol. The minimum absolute atomic E-state index is 0.0193. The lowest BCUT2D eigenvalue weighted by Crippen LogP contribution is -2.38. The molecule has 0 aromatic carbocycles. The lowest BCUT2D eigenvalue weighted by molar-refractivity contribution is -0.115. The van der Waals surface area contributed by atoms with Crippen molar-refractivity contribution in [3.63, 3.8) is 0 Å². The molecule has 0 atom stereocenters. The molecule has 0 radical (unpaired) electrons. The van der Waals surface area contributed by atoms with Crippen LogP contribution in [-0.2, 0) is 6.54 Å². The third-order valence-electron chi connectivity index (χ3n) is 2.06. The topological polar surface area (TPSA) is 30.7 Å². The first-order valence-corrected chi connectivity index (χ1v) is 3.88. The van der Waals surface area contributed by atoms with Gasteiger partial charge in [0.2, 0.25) is 5.92 Å². The third kappa shape index (κ3) is 1.44. The Morgan fingerprint density at radius 2 is 1.92 bits per heavy atom. The molecule has 2 rings (SSSR count). The summed E-state index contributed by atoms with van der Waals surface area (Å²) in [5, 5.41) is 7.69. The van der Waals surface area contributed by atoms with Gasteiger partial charge in [-0.25, -0.2) is 8.78 Å². The molecule has 0 aliphatic heterocycles. The van der Waals surface area contributed by atoms with E-state index < -0.39 is 5.92 Å². The summed E-state index contributed by atoms with van der Waals surface area (Å²) in [7, 11) is 0. The van der Waals surface area contributed by atoms with E-state index in [0.717, 1.165) is 0 Å². The highest BCUT2D eigenvalue weighted by Gasteiger charge is 2.45. The van der Waals surface area contributed by atoms with Gasteiger partial charge >= 0.3 is 0 Å². The second-order valence-corrected chi connectivity index (χ2v) is 3.21. The van der Waals surface area contributed by atoms with Crippen LogP contribution in [0.15, 0.2) is 12.4 Å². The van der Waals surface area contributed by atoms with Gasteiger partial charge in [0.25, 0.3) is 0 Å². The smallest absolute Gasteiger partial charge is 0.207 e. The highest BCUT2D eigenvalue weighted by atomic mass is 19.3. The first-order chi connectivity index (χ1) is 5.66. The van der Waals surface area contributed by atoms with Gasteiger partial charge in [0.05, 0.1) is 18.9 Å². The monoisotopic (exact) mass is 173 g/mol. The van der Waals surface area contributed by atoms with E-state index in [1.165, 1.54) is 4.80 Å². The average Bonchev–Trinajstić information content (AvgIpc) is 2.35. The maximum atomic E-state index is 12.4. The molecule has 3 nitrogen and oxygen atoms in total. The Kier molecular flexibility index (Phi) is 1.59. The number of rotatable bonds is 2. The average molecular weight is 173 g/mol. The van der Waals surface area contributed by atoms with Crippen molar-refractivity contribution in [1.29, 1.82) is 0 Å². The van der Waals surface area contributed by atoms with Crippen molar-refractivity contribution in [3.05, 3.63) is 12.4 Å². The summed E-state index contributed by atoms with van der Waals surface area (Å²) in [6.07, 6.45) is 3.07. The summed E-state index contributed by atoms with van der Waals surface area (Å²) in [5.41, 5.74) is 0. The highest BCUT2D eigenvalue weighted by Crippen LogP contribution is 2.42. The van der Waals surface area contributed by atoms with Gasteiger partial charge in [0.1, 0.15) is 0 Å². The number of halogens is 2. The van der Waals surface area contributed by atoms with E-state index in [4.69, 9.17) is 0 Å². The van der Waals surface area contributed by atoms with Crippen LogP contribution in [0.5, 0.6) is 0 Å². The summed E-state index contributed by atoms with van der Waals surface area (Å²) in [5.74, 6) is -2.38. The molecule has 1 fully saturated rings. The number of aromatic nitrogens is 3. The molecule has 66 valence electrons. The van der Waals surface area contributed by atoms with Crippen LogP contribution in [0.4, 0.5) is 8.78 Å². The molecule has 1 saturated carbocycles. The van der Waals surface area contributed by atoms with Crippen molar-refractivity contribution >= 4 is 0 Å². The van der Waals surface area contributed by atoms with E-state index in [2.05, 4.69) is 10.2 Å². The fourth-order valence-electron chi connectivity index (χ4n) is 1.48. The Morgan fingerprint density at radius 3 is 2.42 bits per heavy atom. The number of nitrogens with zero attached hydrogens (tertiary/aromatic N) is 3. The molecular weight excluding hydrogens is 164 g/mol. The minimum Gasteiger partial charge on any atom is -0.207 e. The van der Waals surface area contributed by atoms with Gasteiger partial charge in [-0.1, -0.05) is 0 Å². The van der Waals surface area contributed by atoms with Crippen LogP contribution in [-0.4, -0.2) is 20.9 Å². The molecule has 1 aromatic rings. The number of hydrogen-bond acceptors (Lipinski definition) is 2. The molecule has 1 aliphatic carbocycles. The van der Waals surface area contributed by atoms with Gasteiger partial charge in [-0.05, 0) is 5.92 Å². The van der Waals surface area contributed by atoms with Crippen molar-refractivity contribution in [2.75, 3.05) is 0 Å². The van der Waals surface area contributed by atoms with Gasteiger partial charge < -0.3 is 0 Å². The van der Waals surface area contributed by atoms with Crippen LogP contribution in [0.25, 0.3) is 0 Å². The zero-order chi connectivity index (χ0) is 8.60. The second-order valence-electron chi connectivity index (χ2n) is 3.21. The van der Waals surface area contributed by atoms with E-state index >= 15 is 0 Å². The van der Waals surface area contributed by atoms with Crippen LogP contribution in [0.2, 0.25) is 0 Å². The van der Waals surface area contributed by atoms with E-state index in [9.17, 15) is 8.78 Å². The summed E-state index contributed by atoms with van der Waals surface area (Å²) < 4.78 is 24.7. The molecule has 0 saturated heterocycles. The zero-order valence-electron chi connectivity index (χ0n) is 6.45. The normalized spacial score (nSPS) is 22.2. The minimum atomic E-state index is -2.43. The Morgan fingerprint density at radius 1 is 1.33 bits per heavy atom. The summed E-state index contributed by atoms with van der Waals surface area (Å²) in [6, 6.07) is 0. The molecule has 0 N–H and O–H groups in total. The Bertz CT molecular complexity index is 250. The van der Waals surface area contributed by atoms with Crippen molar-refractivity contribution in [2.45, 2.75) is 25.3 Å². The van der Waals surface area contributed by atoms with Gasteiger partial charge in [-0.2, -0.15) is 15.0 Å². The van der Waals surface area contributed by atoms with Crippen LogP contribution < -0.4 is 0 Å². The fraction of sp³-hybridized carbons (Fsp3) is 0.714. The van der Waals surface area contributed by atoms with Gasteiger partial charge in [0, 0.05) is 12.8 Å². The van der Waals surface area contributed by atoms with E-state index in [-0.39, 0.29) is 18.8 Å². The molecule has 5 heteroatoms. The van der Waals surface area contributed by atoms with E-state index in [1.54, 1.807) is 12.4 Å². The SMILES string of the molecule is FC1(F)CC(Cn2nccn2)C1. The highest BCUT2D eigenvalue weighted by molar-refractivity contribution is 4.85. The first kappa shape index (κ1) is 7.64. The maximum Gasteiger partial charge on any atom is 0.248 e. The Hall–Kier alpha value is -1.00. The summed E-state index contributed by atoms with van der Waals surface area (Å²) in [6.45, 7) is 0.516. The maximum absolute atomic E-state index is 12.4. The number of hydrogen-bond donors (Lipinski definition) is 0. The molecular formula is C7H9F2N3. The van der Waals surface area contributed by atoms with Crippen molar-refractivity contribution in [2.24, 2.45) is 5.92 Å². The molecule has 1 aliphatic rings.